The molecule has 1 aliphatic rings. The number of nitrogens with one attached hydrogen (secondary N) is 2. The smallest absolute Gasteiger partial charge is 0.309 e. The maximum atomic E-state index is 12.6. The molecule has 2 N–H and O–H groups in total. The molecule has 0 aliphatic heterocycles. The van der Waals surface area contributed by atoms with Gasteiger partial charge in [0.25, 0.3) is 11.8 Å². The molecule has 7 nitrogen and oxygen atoms in total. The van der Waals surface area contributed by atoms with Gasteiger partial charge in [0.2, 0.25) is 0 Å². The van der Waals surface area contributed by atoms with Gasteiger partial charge in [-0.15, -0.1) is 0 Å². The van der Waals surface area contributed by atoms with Gasteiger partial charge in [-0.1, -0.05) is 37.1 Å². The van der Waals surface area contributed by atoms with Crippen LogP contribution < -0.4 is 15.4 Å². The van der Waals surface area contributed by atoms with E-state index in [1.165, 1.54) is 0 Å². The fourth-order valence-electron chi connectivity index (χ4n) is 3.49. The lowest BCUT2D eigenvalue weighted by molar-refractivity contribution is -0.147. The molecule has 164 valence electrons. The van der Waals surface area contributed by atoms with E-state index in [1.54, 1.807) is 24.3 Å². The summed E-state index contributed by atoms with van der Waals surface area (Å²) in [5, 5.41) is 5.66. The third kappa shape index (κ3) is 7.13. The van der Waals surface area contributed by atoms with Crippen LogP contribution in [0.1, 0.15) is 48.0 Å². The molecule has 0 bridgehead atoms. The molecule has 1 aliphatic carbocycles. The van der Waals surface area contributed by atoms with E-state index in [2.05, 4.69) is 10.6 Å². The minimum Gasteiger partial charge on any atom is -0.493 e. The monoisotopic (exact) mass is 424 g/mol. The van der Waals surface area contributed by atoms with Gasteiger partial charge >= 0.3 is 5.97 Å². The Labute approximate surface area is 182 Å². The Hall–Kier alpha value is -3.35. The Balaban J connectivity index is 1.43. The Morgan fingerprint density at radius 2 is 1.81 bits per heavy atom. The number of rotatable bonds is 9. The van der Waals surface area contributed by atoms with E-state index in [-0.39, 0.29) is 25.0 Å². The van der Waals surface area contributed by atoms with Crippen molar-refractivity contribution in [3.8, 4) is 5.75 Å². The molecule has 0 radical (unpaired) electrons. The van der Waals surface area contributed by atoms with Crippen LogP contribution >= 0.6 is 0 Å². The van der Waals surface area contributed by atoms with Crippen LogP contribution in [0.15, 0.2) is 48.5 Å². The minimum atomic E-state index is -0.532. The third-order valence-corrected chi connectivity index (χ3v) is 5.06. The summed E-state index contributed by atoms with van der Waals surface area (Å²) in [6.45, 7) is 1.69. The SMILES string of the molecule is Cc1cccc(OCCC(=O)OCC(=O)Nc2ccccc2C(=O)NC2CCCC2)c1. The van der Waals surface area contributed by atoms with Crippen LogP contribution in [0.3, 0.4) is 0 Å². The van der Waals surface area contributed by atoms with Crippen molar-refractivity contribution in [2.75, 3.05) is 18.5 Å². The molecular weight excluding hydrogens is 396 g/mol. The van der Waals surface area contributed by atoms with Crippen molar-refractivity contribution in [3.63, 3.8) is 0 Å². The summed E-state index contributed by atoms with van der Waals surface area (Å²) in [5.74, 6) is -0.574. The second-order valence-corrected chi connectivity index (χ2v) is 7.62. The average Bonchev–Trinajstić information content (AvgIpc) is 3.26. The fourth-order valence-corrected chi connectivity index (χ4v) is 3.49. The van der Waals surface area contributed by atoms with Gasteiger partial charge in [-0.05, 0) is 49.6 Å². The van der Waals surface area contributed by atoms with Crippen LogP contribution in [0.2, 0.25) is 0 Å². The molecule has 3 rings (SSSR count). The highest BCUT2D eigenvalue weighted by molar-refractivity contribution is 6.04. The van der Waals surface area contributed by atoms with Gasteiger partial charge in [0.1, 0.15) is 5.75 Å². The first-order valence-corrected chi connectivity index (χ1v) is 10.6. The first-order valence-electron chi connectivity index (χ1n) is 10.6. The van der Waals surface area contributed by atoms with Crippen molar-refractivity contribution in [2.24, 2.45) is 0 Å². The second-order valence-electron chi connectivity index (χ2n) is 7.62. The number of anilines is 1. The second kappa shape index (κ2) is 11.2. The van der Waals surface area contributed by atoms with Crippen LogP contribution in [-0.2, 0) is 14.3 Å². The number of esters is 1. The van der Waals surface area contributed by atoms with E-state index in [0.717, 1.165) is 31.2 Å². The van der Waals surface area contributed by atoms with Gasteiger partial charge in [0.05, 0.1) is 24.3 Å². The molecule has 0 atom stereocenters. The molecule has 0 spiro atoms. The highest BCUT2D eigenvalue weighted by Gasteiger charge is 2.20. The summed E-state index contributed by atoms with van der Waals surface area (Å²) < 4.78 is 10.5. The minimum absolute atomic E-state index is 0.0294. The van der Waals surface area contributed by atoms with Gasteiger partial charge in [-0.25, -0.2) is 0 Å². The molecule has 1 fully saturated rings. The van der Waals surface area contributed by atoms with Gasteiger partial charge in [0, 0.05) is 6.04 Å². The number of carbonyl (C=O) groups excluding carboxylic acids is 3. The molecule has 7 heteroatoms. The van der Waals surface area contributed by atoms with E-state index < -0.39 is 18.5 Å². The normalized spacial score (nSPS) is 13.5. The fraction of sp³-hybridized carbons (Fsp3) is 0.375. The van der Waals surface area contributed by atoms with Gasteiger partial charge in [-0.3, -0.25) is 14.4 Å². The largest absolute Gasteiger partial charge is 0.493 e. The Morgan fingerprint density at radius 1 is 1.03 bits per heavy atom. The molecule has 2 aromatic rings. The first-order chi connectivity index (χ1) is 15.0. The Kier molecular flexibility index (Phi) is 8.04. The molecular formula is C24H28N2O5. The van der Waals surface area contributed by atoms with E-state index in [9.17, 15) is 14.4 Å². The highest BCUT2D eigenvalue weighted by atomic mass is 16.5. The van der Waals surface area contributed by atoms with Crippen molar-refractivity contribution >= 4 is 23.5 Å². The van der Waals surface area contributed by atoms with Crippen LogP contribution in [0, 0.1) is 6.92 Å². The lowest BCUT2D eigenvalue weighted by atomic mass is 10.1. The zero-order chi connectivity index (χ0) is 22.1. The van der Waals surface area contributed by atoms with Gasteiger partial charge < -0.3 is 20.1 Å². The molecule has 1 saturated carbocycles. The lowest BCUT2D eigenvalue weighted by Crippen LogP contribution is -2.33. The number of hydrogen-bond donors (Lipinski definition) is 2. The van der Waals surface area contributed by atoms with Crippen LogP contribution in [0.25, 0.3) is 0 Å². The van der Waals surface area contributed by atoms with Crippen molar-refractivity contribution < 1.29 is 23.9 Å². The number of hydrogen-bond acceptors (Lipinski definition) is 5. The van der Waals surface area contributed by atoms with Crippen molar-refractivity contribution in [1.82, 2.24) is 5.32 Å². The van der Waals surface area contributed by atoms with Gasteiger partial charge in [-0.2, -0.15) is 0 Å². The highest BCUT2D eigenvalue weighted by Crippen LogP contribution is 2.20. The number of carbonyl (C=O) groups is 3. The van der Waals surface area contributed by atoms with Gasteiger partial charge in [0.15, 0.2) is 6.61 Å². The molecule has 0 aromatic heterocycles. The average molecular weight is 424 g/mol. The third-order valence-electron chi connectivity index (χ3n) is 5.06. The lowest BCUT2D eigenvalue weighted by Gasteiger charge is -2.15. The standard InChI is InChI=1S/C24H28N2O5/c1-17-7-6-10-19(15-17)30-14-13-23(28)31-16-22(27)26-21-12-5-4-11-20(21)24(29)25-18-8-2-3-9-18/h4-7,10-12,15,18H,2-3,8-9,13-14,16H2,1H3,(H,25,29)(H,26,27). The molecule has 0 heterocycles. The molecule has 0 unspecified atom stereocenters. The molecule has 2 aromatic carbocycles. The zero-order valence-electron chi connectivity index (χ0n) is 17.7. The van der Waals surface area contributed by atoms with Crippen molar-refractivity contribution in [2.45, 2.75) is 45.1 Å². The summed E-state index contributed by atoms with van der Waals surface area (Å²) in [6.07, 6.45) is 4.21. The zero-order valence-corrected chi connectivity index (χ0v) is 17.7. The van der Waals surface area contributed by atoms with Crippen LogP contribution in [-0.4, -0.2) is 37.0 Å². The van der Waals surface area contributed by atoms with Crippen molar-refractivity contribution in [1.29, 1.82) is 0 Å². The number of ether oxygens (including phenoxy) is 2. The van der Waals surface area contributed by atoms with Crippen LogP contribution in [0.5, 0.6) is 5.75 Å². The Morgan fingerprint density at radius 3 is 2.58 bits per heavy atom. The summed E-state index contributed by atoms with van der Waals surface area (Å²) in [7, 11) is 0. The number of benzene rings is 2. The summed E-state index contributed by atoms with van der Waals surface area (Å²) >= 11 is 0. The van der Waals surface area contributed by atoms with E-state index in [1.807, 2.05) is 31.2 Å². The first kappa shape index (κ1) is 22.3. The maximum Gasteiger partial charge on any atom is 0.309 e. The van der Waals surface area contributed by atoms with Crippen LogP contribution in [0.4, 0.5) is 5.69 Å². The van der Waals surface area contributed by atoms with E-state index in [4.69, 9.17) is 9.47 Å². The summed E-state index contributed by atoms with van der Waals surface area (Å²) in [6, 6.07) is 14.5. The van der Waals surface area contributed by atoms with E-state index >= 15 is 0 Å². The number of para-hydroxylation sites is 1. The topological polar surface area (TPSA) is 93.7 Å². The van der Waals surface area contributed by atoms with E-state index in [0.29, 0.717) is 17.0 Å². The summed E-state index contributed by atoms with van der Waals surface area (Å²) in [5.41, 5.74) is 1.84. The molecule has 2 amide bonds. The maximum absolute atomic E-state index is 12.6. The summed E-state index contributed by atoms with van der Waals surface area (Å²) in [4.78, 5) is 36.7. The molecule has 0 saturated heterocycles. The predicted molar refractivity (Wildman–Crippen MR) is 117 cm³/mol. The predicted octanol–water partition coefficient (Wildman–Crippen LogP) is 3.62. The quantitative estimate of drug-likeness (QED) is 0.600. The number of amides is 2. The Bertz CT molecular complexity index is 922. The van der Waals surface area contributed by atoms with Crippen molar-refractivity contribution in [3.05, 3.63) is 59.7 Å². The number of aryl methyl sites for hydroxylation is 1. The molecule has 31 heavy (non-hydrogen) atoms.